The van der Waals surface area contributed by atoms with Crippen molar-refractivity contribution in [3.63, 3.8) is 0 Å². The van der Waals surface area contributed by atoms with Crippen LogP contribution in [0.4, 0.5) is 0 Å². The quantitative estimate of drug-likeness (QED) is 0.942. The van der Waals surface area contributed by atoms with E-state index in [0.29, 0.717) is 12.2 Å². The van der Waals surface area contributed by atoms with Gasteiger partial charge in [-0.15, -0.1) is 0 Å². The minimum Gasteiger partial charge on any atom is -0.495 e. The lowest BCUT2D eigenvalue weighted by molar-refractivity contribution is 0.403. The monoisotopic (exact) mass is 307 g/mol. The molecule has 2 heterocycles. The Labute approximate surface area is 114 Å². The van der Waals surface area contributed by atoms with Gasteiger partial charge in [-0.1, -0.05) is 0 Å². The van der Waals surface area contributed by atoms with Gasteiger partial charge < -0.3 is 10.5 Å². The van der Waals surface area contributed by atoms with Crippen molar-refractivity contribution in [2.24, 2.45) is 5.73 Å². The standard InChI is InChI=1S/C13H14BrN3O/c1-18-13-8-16-3-2-11(13)12(15)5-9-4-10(14)7-17-6-9/h2-4,6-8,12H,5,15H2,1H3. The number of nitrogens with zero attached hydrogens (tertiary/aromatic N) is 2. The van der Waals surface area contributed by atoms with E-state index in [-0.39, 0.29) is 6.04 Å². The van der Waals surface area contributed by atoms with Gasteiger partial charge >= 0.3 is 0 Å². The van der Waals surface area contributed by atoms with Crippen LogP contribution >= 0.6 is 15.9 Å². The van der Waals surface area contributed by atoms with E-state index in [9.17, 15) is 0 Å². The molecule has 0 fully saturated rings. The van der Waals surface area contributed by atoms with Crippen LogP contribution < -0.4 is 10.5 Å². The Kier molecular flexibility index (Phi) is 4.28. The molecule has 2 aromatic rings. The molecule has 0 bridgehead atoms. The Morgan fingerprint density at radius 2 is 2.17 bits per heavy atom. The van der Waals surface area contributed by atoms with Crippen LogP contribution in [0.5, 0.6) is 5.75 Å². The number of methoxy groups -OCH3 is 1. The maximum absolute atomic E-state index is 6.20. The molecule has 5 heteroatoms. The molecular formula is C13H14BrN3O. The lowest BCUT2D eigenvalue weighted by atomic mass is 10.0. The fourth-order valence-electron chi connectivity index (χ4n) is 1.80. The van der Waals surface area contributed by atoms with Gasteiger partial charge in [0, 0.05) is 34.7 Å². The van der Waals surface area contributed by atoms with E-state index in [1.165, 1.54) is 0 Å². The van der Waals surface area contributed by atoms with Crippen LogP contribution in [0, 0.1) is 0 Å². The molecular weight excluding hydrogens is 294 g/mol. The highest BCUT2D eigenvalue weighted by atomic mass is 79.9. The number of halogens is 1. The first kappa shape index (κ1) is 13.0. The molecule has 0 aliphatic heterocycles. The van der Waals surface area contributed by atoms with Gasteiger partial charge in [-0.25, -0.2) is 0 Å². The number of hydrogen-bond acceptors (Lipinski definition) is 4. The Bertz CT molecular complexity index is 533. The van der Waals surface area contributed by atoms with E-state index in [0.717, 1.165) is 15.6 Å². The number of hydrogen-bond donors (Lipinski definition) is 1. The average molecular weight is 308 g/mol. The number of rotatable bonds is 4. The number of aromatic nitrogens is 2. The van der Waals surface area contributed by atoms with Crippen molar-refractivity contribution in [1.29, 1.82) is 0 Å². The summed E-state index contributed by atoms with van der Waals surface area (Å²) in [6.07, 6.45) is 7.67. The normalized spacial score (nSPS) is 12.2. The van der Waals surface area contributed by atoms with Gasteiger partial charge in [-0.3, -0.25) is 9.97 Å². The molecule has 0 aliphatic rings. The molecule has 0 saturated carbocycles. The second-order valence-corrected chi connectivity index (χ2v) is 4.86. The van der Waals surface area contributed by atoms with Crippen LogP contribution in [0.3, 0.4) is 0 Å². The SMILES string of the molecule is COc1cnccc1C(N)Cc1cncc(Br)c1. The van der Waals surface area contributed by atoms with Gasteiger partial charge in [0.25, 0.3) is 0 Å². The molecule has 0 spiro atoms. The molecule has 0 radical (unpaired) electrons. The molecule has 0 aliphatic carbocycles. The van der Waals surface area contributed by atoms with E-state index in [1.807, 2.05) is 18.3 Å². The van der Waals surface area contributed by atoms with Gasteiger partial charge in [-0.2, -0.15) is 0 Å². The molecule has 18 heavy (non-hydrogen) atoms. The van der Waals surface area contributed by atoms with Crippen molar-refractivity contribution in [2.45, 2.75) is 12.5 Å². The highest BCUT2D eigenvalue weighted by Gasteiger charge is 2.12. The second-order valence-electron chi connectivity index (χ2n) is 3.94. The van der Waals surface area contributed by atoms with Crippen LogP contribution in [0.15, 0.2) is 41.4 Å². The summed E-state index contributed by atoms with van der Waals surface area (Å²) in [6.45, 7) is 0. The molecule has 0 aromatic carbocycles. The van der Waals surface area contributed by atoms with Gasteiger partial charge in [0.1, 0.15) is 5.75 Å². The zero-order valence-electron chi connectivity index (χ0n) is 10.0. The van der Waals surface area contributed by atoms with Crippen LogP contribution in [-0.4, -0.2) is 17.1 Å². The largest absolute Gasteiger partial charge is 0.495 e. The Morgan fingerprint density at radius 1 is 1.33 bits per heavy atom. The molecule has 1 unspecified atom stereocenters. The molecule has 2 aromatic heterocycles. The van der Waals surface area contributed by atoms with Crippen LogP contribution in [0.25, 0.3) is 0 Å². The van der Waals surface area contributed by atoms with Gasteiger partial charge in [-0.05, 0) is 40.0 Å². The first-order chi connectivity index (χ1) is 8.70. The summed E-state index contributed by atoms with van der Waals surface area (Å²) in [5.41, 5.74) is 8.23. The predicted octanol–water partition coefficient (Wildman–Crippen LogP) is 2.49. The third-order valence-corrected chi connectivity index (χ3v) is 3.09. The smallest absolute Gasteiger partial charge is 0.141 e. The Hall–Kier alpha value is -1.46. The van der Waals surface area contributed by atoms with Gasteiger partial charge in [0.05, 0.1) is 13.3 Å². The number of pyridine rings is 2. The highest BCUT2D eigenvalue weighted by Crippen LogP contribution is 2.25. The molecule has 4 nitrogen and oxygen atoms in total. The molecule has 94 valence electrons. The molecule has 2 rings (SSSR count). The molecule has 0 amide bonds. The maximum atomic E-state index is 6.20. The minimum atomic E-state index is -0.140. The lowest BCUT2D eigenvalue weighted by Gasteiger charge is -2.15. The van der Waals surface area contributed by atoms with E-state index < -0.39 is 0 Å². The second kappa shape index (κ2) is 5.93. The van der Waals surface area contributed by atoms with Crippen LogP contribution in [0.2, 0.25) is 0 Å². The molecule has 1 atom stereocenters. The fraction of sp³-hybridized carbons (Fsp3) is 0.231. The first-order valence-corrected chi connectivity index (χ1v) is 6.33. The van der Waals surface area contributed by atoms with E-state index in [4.69, 9.17) is 10.5 Å². The zero-order valence-corrected chi connectivity index (χ0v) is 11.6. The number of nitrogens with two attached hydrogens (primary N) is 1. The van der Waals surface area contributed by atoms with Crippen molar-refractivity contribution in [1.82, 2.24) is 9.97 Å². The summed E-state index contributed by atoms with van der Waals surface area (Å²) in [5.74, 6) is 0.716. The van der Waals surface area contributed by atoms with Gasteiger partial charge in [0.15, 0.2) is 0 Å². The summed E-state index contributed by atoms with van der Waals surface area (Å²) in [5, 5.41) is 0. The molecule has 2 N–H and O–H groups in total. The third-order valence-electron chi connectivity index (χ3n) is 2.65. The Balaban J connectivity index is 2.19. The van der Waals surface area contributed by atoms with Crippen LogP contribution in [0.1, 0.15) is 17.2 Å². The fourth-order valence-corrected chi connectivity index (χ4v) is 2.21. The van der Waals surface area contributed by atoms with E-state index in [2.05, 4.69) is 25.9 Å². The zero-order chi connectivity index (χ0) is 13.0. The predicted molar refractivity (Wildman–Crippen MR) is 73.4 cm³/mol. The van der Waals surface area contributed by atoms with Crippen molar-refractivity contribution < 1.29 is 4.74 Å². The van der Waals surface area contributed by atoms with Crippen molar-refractivity contribution >= 4 is 15.9 Å². The summed E-state index contributed by atoms with van der Waals surface area (Å²) < 4.78 is 6.21. The van der Waals surface area contributed by atoms with Crippen molar-refractivity contribution in [2.75, 3.05) is 7.11 Å². The van der Waals surface area contributed by atoms with E-state index >= 15 is 0 Å². The van der Waals surface area contributed by atoms with Crippen LogP contribution in [-0.2, 0) is 6.42 Å². The first-order valence-electron chi connectivity index (χ1n) is 5.53. The van der Waals surface area contributed by atoms with Gasteiger partial charge in [0.2, 0.25) is 0 Å². The average Bonchev–Trinajstić information content (AvgIpc) is 2.38. The lowest BCUT2D eigenvalue weighted by Crippen LogP contribution is -2.14. The summed E-state index contributed by atoms with van der Waals surface area (Å²) in [4.78, 5) is 8.15. The topological polar surface area (TPSA) is 61.0 Å². The van der Waals surface area contributed by atoms with Crippen molar-refractivity contribution in [3.8, 4) is 5.75 Å². The third kappa shape index (κ3) is 3.05. The number of ether oxygens (including phenoxy) is 1. The molecule has 0 saturated heterocycles. The summed E-state index contributed by atoms with van der Waals surface area (Å²) in [7, 11) is 1.62. The Morgan fingerprint density at radius 3 is 2.89 bits per heavy atom. The minimum absolute atomic E-state index is 0.140. The summed E-state index contributed by atoms with van der Waals surface area (Å²) in [6, 6.07) is 3.76. The van der Waals surface area contributed by atoms with E-state index in [1.54, 1.807) is 25.7 Å². The highest BCUT2D eigenvalue weighted by molar-refractivity contribution is 9.10. The van der Waals surface area contributed by atoms with Crippen molar-refractivity contribution in [3.05, 3.63) is 52.5 Å². The maximum Gasteiger partial charge on any atom is 0.141 e. The summed E-state index contributed by atoms with van der Waals surface area (Å²) >= 11 is 3.40.